The van der Waals surface area contributed by atoms with Crippen LogP contribution in [-0.4, -0.2) is 11.7 Å². The second-order valence-electron chi connectivity index (χ2n) is 2.27. The summed E-state index contributed by atoms with van der Waals surface area (Å²) in [6.07, 6.45) is 0. The van der Waals surface area contributed by atoms with E-state index in [1.54, 1.807) is 13.8 Å². The molecule has 0 saturated carbocycles. The monoisotopic (exact) mass is 154 g/mol. The third kappa shape index (κ3) is 1.49. The van der Waals surface area contributed by atoms with E-state index in [-0.39, 0.29) is 0 Å². The summed E-state index contributed by atoms with van der Waals surface area (Å²) in [6, 6.07) is 0. The average Bonchev–Trinajstić information content (AvgIpc) is 1.85. The van der Waals surface area contributed by atoms with Gasteiger partial charge in [0, 0.05) is 0 Å². The van der Waals surface area contributed by atoms with Crippen LogP contribution in [0.4, 0.5) is 0 Å². The Morgan fingerprint density at radius 3 is 2.55 bits per heavy atom. The Kier molecular flexibility index (Phi) is 1.80. The third-order valence-corrected chi connectivity index (χ3v) is 1.31. The van der Waals surface area contributed by atoms with Crippen molar-refractivity contribution in [2.24, 2.45) is 10.7 Å². The average molecular weight is 154 g/mol. The molecule has 5 heteroatoms. The molecule has 0 bridgehead atoms. The molecule has 0 saturated heterocycles. The zero-order valence-corrected chi connectivity index (χ0v) is 6.43. The minimum atomic E-state index is -0.508. The molecule has 1 heterocycles. The van der Waals surface area contributed by atoms with Gasteiger partial charge in [0.25, 0.3) is 5.91 Å². The third-order valence-electron chi connectivity index (χ3n) is 1.31. The fraction of sp³-hybridized carbons (Fsp3) is 0.333. The predicted molar refractivity (Wildman–Crippen MR) is 41.3 cm³/mol. The summed E-state index contributed by atoms with van der Waals surface area (Å²) in [4.78, 5) is 14.7. The molecule has 0 aromatic carbocycles. The summed E-state index contributed by atoms with van der Waals surface area (Å²) in [5.41, 5.74) is 11.3. The standard InChI is InChI=1S/C6H10N4O/c1-3-5(6(7)11)10-9-4(2)8-3/h10H,1-2H3,(H2,7,11)(H,8,9). The molecule has 0 aromatic heterocycles. The summed E-state index contributed by atoms with van der Waals surface area (Å²) in [5, 5.41) is 0. The first kappa shape index (κ1) is 7.59. The molecule has 1 amide bonds. The molecule has 0 fully saturated rings. The lowest BCUT2D eigenvalue weighted by Gasteiger charge is -2.16. The Bertz CT molecular complexity index is 253. The second kappa shape index (κ2) is 2.61. The lowest BCUT2D eigenvalue weighted by molar-refractivity contribution is -0.115. The van der Waals surface area contributed by atoms with Crippen LogP contribution in [0.3, 0.4) is 0 Å². The number of carbonyl (C=O) groups is 1. The number of primary amides is 1. The van der Waals surface area contributed by atoms with E-state index >= 15 is 0 Å². The minimum absolute atomic E-state index is 0.315. The Balaban J connectivity index is 2.95. The van der Waals surface area contributed by atoms with Gasteiger partial charge in [-0.15, -0.1) is 0 Å². The first-order valence-electron chi connectivity index (χ1n) is 3.19. The van der Waals surface area contributed by atoms with Gasteiger partial charge < -0.3 is 5.73 Å². The number of allylic oxidation sites excluding steroid dienone is 1. The van der Waals surface area contributed by atoms with Gasteiger partial charge >= 0.3 is 0 Å². The van der Waals surface area contributed by atoms with Crippen molar-refractivity contribution >= 4 is 11.7 Å². The molecule has 0 radical (unpaired) electrons. The van der Waals surface area contributed by atoms with Crippen molar-refractivity contribution in [2.75, 3.05) is 0 Å². The number of amides is 1. The largest absolute Gasteiger partial charge is 0.364 e. The van der Waals surface area contributed by atoms with Gasteiger partial charge in [0.1, 0.15) is 11.5 Å². The SMILES string of the molecule is CC1=NC(C)=C(C(N)=O)NN1. The minimum Gasteiger partial charge on any atom is -0.364 e. The van der Waals surface area contributed by atoms with Crippen LogP contribution in [-0.2, 0) is 4.79 Å². The van der Waals surface area contributed by atoms with Crippen LogP contribution < -0.4 is 16.6 Å². The van der Waals surface area contributed by atoms with E-state index in [0.29, 0.717) is 17.2 Å². The second-order valence-corrected chi connectivity index (χ2v) is 2.27. The fourth-order valence-corrected chi connectivity index (χ4v) is 0.819. The molecule has 0 aromatic rings. The van der Waals surface area contributed by atoms with Crippen LogP contribution in [0.1, 0.15) is 13.8 Å². The molecule has 11 heavy (non-hydrogen) atoms. The van der Waals surface area contributed by atoms with Crippen LogP contribution in [0.25, 0.3) is 0 Å². The number of hydrogen-bond acceptors (Lipinski definition) is 4. The highest BCUT2D eigenvalue weighted by molar-refractivity contribution is 5.94. The number of carbonyl (C=O) groups excluding carboxylic acids is 1. The van der Waals surface area contributed by atoms with Crippen molar-refractivity contribution in [3.63, 3.8) is 0 Å². The highest BCUT2D eigenvalue weighted by Gasteiger charge is 2.12. The summed E-state index contributed by atoms with van der Waals surface area (Å²) in [5.74, 6) is 0.207. The molecular formula is C6H10N4O. The van der Waals surface area contributed by atoms with Crippen molar-refractivity contribution in [3.05, 3.63) is 11.4 Å². The number of hydrogen-bond donors (Lipinski definition) is 3. The molecule has 1 rings (SSSR count). The van der Waals surface area contributed by atoms with E-state index in [2.05, 4.69) is 15.8 Å². The molecule has 0 unspecified atom stereocenters. The first-order chi connectivity index (χ1) is 5.11. The summed E-state index contributed by atoms with van der Waals surface area (Å²) in [6.45, 7) is 3.51. The highest BCUT2D eigenvalue weighted by atomic mass is 16.1. The van der Waals surface area contributed by atoms with E-state index in [4.69, 9.17) is 5.73 Å². The molecule has 1 aliphatic rings. The topological polar surface area (TPSA) is 79.5 Å². The molecule has 0 spiro atoms. The number of hydrazine groups is 1. The van der Waals surface area contributed by atoms with E-state index < -0.39 is 5.91 Å². The molecule has 0 atom stereocenters. The van der Waals surface area contributed by atoms with Gasteiger partial charge in [-0.3, -0.25) is 15.6 Å². The number of aliphatic imine (C=N–C) groups is 1. The maximum Gasteiger partial charge on any atom is 0.268 e. The van der Waals surface area contributed by atoms with Gasteiger partial charge in [-0.2, -0.15) is 0 Å². The van der Waals surface area contributed by atoms with E-state index in [1.807, 2.05) is 0 Å². The van der Waals surface area contributed by atoms with E-state index in [1.165, 1.54) is 0 Å². The Morgan fingerprint density at radius 1 is 1.45 bits per heavy atom. The van der Waals surface area contributed by atoms with Gasteiger partial charge in [-0.1, -0.05) is 0 Å². The van der Waals surface area contributed by atoms with Crippen molar-refractivity contribution in [3.8, 4) is 0 Å². The summed E-state index contributed by atoms with van der Waals surface area (Å²) >= 11 is 0. The number of nitrogens with zero attached hydrogens (tertiary/aromatic N) is 1. The quantitative estimate of drug-likeness (QED) is 0.464. The zero-order chi connectivity index (χ0) is 8.43. The molecule has 5 nitrogen and oxygen atoms in total. The number of rotatable bonds is 1. The molecule has 60 valence electrons. The Morgan fingerprint density at radius 2 is 2.09 bits per heavy atom. The summed E-state index contributed by atoms with van der Waals surface area (Å²) < 4.78 is 0. The van der Waals surface area contributed by atoms with Crippen LogP contribution >= 0.6 is 0 Å². The highest BCUT2D eigenvalue weighted by Crippen LogP contribution is 2.04. The molecular weight excluding hydrogens is 144 g/mol. The van der Waals surface area contributed by atoms with Crippen molar-refractivity contribution in [1.82, 2.24) is 10.9 Å². The lowest BCUT2D eigenvalue weighted by atomic mass is 10.3. The van der Waals surface area contributed by atoms with Crippen molar-refractivity contribution in [1.29, 1.82) is 0 Å². The number of nitrogens with two attached hydrogens (primary N) is 1. The van der Waals surface area contributed by atoms with E-state index in [0.717, 1.165) is 0 Å². The first-order valence-corrected chi connectivity index (χ1v) is 3.19. The van der Waals surface area contributed by atoms with E-state index in [9.17, 15) is 4.79 Å². The van der Waals surface area contributed by atoms with Gasteiger partial charge in [0.2, 0.25) is 0 Å². The van der Waals surface area contributed by atoms with Crippen LogP contribution in [0, 0.1) is 0 Å². The predicted octanol–water partition coefficient (Wildman–Crippen LogP) is -0.771. The normalized spacial score (nSPS) is 16.7. The summed E-state index contributed by atoms with van der Waals surface area (Å²) in [7, 11) is 0. The molecule has 0 aliphatic carbocycles. The van der Waals surface area contributed by atoms with Gasteiger partial charge in [-0.25, -0.2) is 4.99 Å². The lowest BCUT2D eigenvalue weighted by Crippen LogP contribution is -2.42. The van der Waals surface area contributed by atoms with Gasteiger partial charge in [0.05, 0.1) is 5.70 Å². The van der Waals surface area contributed by atoms with Crippen molar-refractivity contribution in [2.45, 2.75) is 13.8 Å². The molecule has 4 N–H and O–H groups in total. The number of amidine groups is 1. The fourth-order valence-electron chi connectivity index (χ4n) is 0.819. The van der Waals surface area contributed by atoms with Gasteiger partial charge in [0.15, 0.2) is 0 Å². The Labute approximate surface area is 64.3 Å². The van der Waals surface area contributed by atoms with Gasteiger partial charge in [-0.05, 0) is 13.8 Å². The van der Waals surface area contributed by atoms with Crippen LogP contribution in [0.5, 0.6) is 0 Å². The maximum absolute atomic E-state index is 10.7. The Hall–Kier alpha value is -1.52. The van der Waals surface area contributed by atoms with Crippen molar-refractivity contribution < 1.29 is 4.79 Å². The van der Waals surface area contributed by atoms with Crippen LogP contribution in [0.2, 0.25) is 0 Å². The zero-order valence-electron chi connectivity index (χ0n) is 6.43. The smallest absolute Gasteiger partial charge is 0.268 e. The molecule has 1 aliphatic heterocycles. The number of nitrogens with one attached hydrogen (secondary N) is 2. The van der Waals surface area contributed by atoms with Crippen LogP contribution in [0.15, 0.2) is 16.4 Å². The maximum atomic E-state index is 10.7.